The molecule has 6 nitrogen and oxygen atoms in total. The summed E-state index contributed by atoms with van der Waals surface area (Å²) in [6.45, 7) is -0.392. The zero-order valence-electron chi connectivity index (χ0n) is 12.6. The van der Waals surface area contributed by atoms with Crippen LogP contribution in [-0.2, 0) is 11.2 Å². The van der Waals surface area contributed by atoms with Crippen molar-refractivity contribution in [2.75, 3.05) is 13.7 Å². The number of hydrogen-bond donors (Lipinski definition) is 4. The Morgan fingerprint density at radius 1 is 1.09 bits per heavy atom. The van der Waals surface area contributed by atoms with Gasteiger partial charge in [0.15, 0.2) is 0 Å². The van der Waals surface area contributed by atoms with E-state index in [1.807, 2.05) is 24.3 Å². The molecule has 124 valence electrons. The minimum Gasteiger partial charge on any atom is -0.497 e. The summed E-state index contributed by atoms with van der Waals surface area (Å²) in [6, 6.07) is 7.74. The highest BCUT2D eigenvalue weighted by Gasteiger charge is 2.42. The van der Waals surface area contributed by atoms with Crippen molar-refractivity contribution in [1.29, 1.82) is 0 Å². The summed E-state index contributed by atoms with van der Waals surface area (Å²) in [5.41, 5.74) is 1.11. The minimum atomic E-state index is -1.30. The maximum atomic E-state index is 9.96. The fourth-order valence-corrected chi connectivity index (χ4v) is 2.75. The van der Waals surface area contributed by atoms with Crippen molar-refractivity contribution in [2.24, 2.45) is 0 Å². The first-order valence-electron chi connectivity index (χ1n) is 7.50. The van der Waals surface area contributed by atoms with Crippen LogP contribution in [0.25, 0.3) is 0 Å². The topological polar surface area (TPSA) is 99.4 Å². The van der Waals surface area contributed by atoms with Crippen LogP contribution < -0.4 is 4.74 Å². The Bertz CT molecular complexity index is 464. The van der Waals surface area contributed by atoms with Gasteiger partial charge in [-0.3, -0.25) is 0 Å². The average Bonchev–Trinajstić information content (AvgIpc) is 2.55. The van der Waals surface area contributed by atoms with E-state index in [1.54, 1.807) is 7.11 Å². The number of aliphatic hydroxyl groups excluding tert-OH is 4. The van der Waals surface area contributed by atoms with Gasteiger partial charge in [-0.1, -0.05) is 12.1 Å². The molecule has 0 bridgehead atoms. The number of aliphatic hydroxyl groups is 4. The number of hydrogen-bond acceptors (Lipinski definition) is 6. The second-order valence-corrected chi connectivity index (χ2v) is 5.61. The Labute approximate surface area is 129 Å². The molecule has 0 radical (unpaired) electrons. The van der Waals surface area contributed by atoms with Crippen molar-refractivity contribution < 1.29 is 29.9 Å². The first kappa shape index (κ1) is 17.2. The third kappa shape index (κ3) is 3.97. The molecule has 0 saturated carbocycles. The van der Waals surface area contributed by atoms with Crippen LogP contribution in [0.3, 0.4) is 0 Å². The second kappa shape index (κ2) is 7.89. The maximum absolute atomic E-state index is 9.96. The fourth-order valence-electron chi connectivity index (χ4n) is 2.75. The van der Waals surface area contributed by atoms with Crippen molar-refractivity contribution in [3.05, 3.63) is 29.8 Å². The van der Waals surface area contributed by atoms with E-state index in [0.29, 0.717) is 6.42 Å². The van der Waals surface area contributed by atoms with Crippen LogP contribution in [0.2, 0.25) is 0 Å². The molecule has 0 unspecified atom stereocenters. The molecule has 1 aliphatic rings. The molecule has 1 aliphatic heterocycles. The lowest BCUT2D eigenvalue weighted by Gasteiger charge is -2.40. The van der Waals surface area contributed by atoms with Gasteiger partial charge in [-0.25, -0.2) is 0 Å². The van der Waals surface area contributed by atoms with Gasteiger partial charge in [0, 0.05) is 0 Å². The van der Waals surface area contributed by atoms with Crippen LogP contribution in [-0.4, -0.2) is 64.7 Å². The van der Waals surface area contributed by atoms with Gasteiger partial charge in [-0.2, -0.15) is 0 Å². The van der Waals surface area contributed by atoms with Crippen LogP contribution in [0.5, 0.6) is 5.75 Å². The first-order chi connectivity index (χ1) is 10.6. The second-order valence-electron chi connectivity index (χ2n) is 5.61. The van der Waals surface area contributed by atoms with E-state index < -0.39 is 37.1 Å². The molecule has 1 aromatic rings. The summed E-state index contributed by atoms with van der Waals surface area (Å²) in [5, 5.41) is 38.6. The lowest BCUT2D eigenvalue weighted by atomic mass is 9.92. The summed E-state index contributed by atoms with van der Waals surface area (Å²) in [6.07, 6.45) is -3.12. The van der Waals surface area contributed by atoms with Crippen molar-refractivity contribution in [2.45, 2.75) is 49.8 Å². The van der Waals surface area contributed by atoms with Gasteiger partial charge in [0.1, 0.15) is 30.2 Å². The summed E-state index contributed by atoms with van der Waals surface area (Å²) in [7, 11) is 1.62. The Hall–Kier alpha value is -1.18. The lowest BCUT2D eigenvalue weighted by molar-refractivity contribution is -0.230. The third-order valence-corrected chi connectivity index (χ3v) is 4.08. The quantitative estimate of drug-likeness (QED) is 0.583. The summed E-state index contributed by atoms with van der Waals surface area (Å²) in [5.74, 6) is 0.797. The number of methoxy groups -OCH3 is 1. The van der Waals surface area contributed by atoms with E-state index >= 15 is 0 Å². The normalized spacial score (nSPS) is 32.0. The van der Waals surface area contributed by atoms with E-state index in [9.17, 15) is 15.3 Å². The van der Waals surface area contributed by atoms with Gasteiger partial charge in [-0.05, 0) is 37.0 Å². The molecule has 4 N–H and O–H groups in total. The van der Waals surface area contributed by atoms with Crippen LogP contribution in [0.15, 0.2) is 24.3 Å². The Balaban J connectivity index is 1.87. The van der Waals surface area contributed by atoms with Gasteiger partial charge < -0.3 is 29.9 Å². The van der Waals surface area contributed by atoms with E-state index in [2.05, 4.69) is 0 Å². The molecule has 0 aromatic heterocycles. The molecule has 2 rings (SSSR count). The SMILES string of the molecule is COc1cccc(CCC[C@@H]2O[C@H](CO)[C@@H](O)[C@H](O)[C@H]2O)c1. The molecule has 1 heterocycles. The van der Waals surface area contributed by atoms with Gasteiger partial charge in [-0.15, -0.1) is 0 Å². The molecule has 1 aromatic carbocycles. The zero-order chi connectivity index (χ0) is 16.1. The Morgan fingerprint density at radius 2 is 1.82 bits per heavy atom. The van der Waals surface area contributed by atoms with Gasteiger partial charge in [0.2, 0.25) is 0 Å². The molecule has 6 heteroatoms. The third-order valence-electron chi connectivity index (χ3n) is 4.08. The molecule has 1 saturated heterocycles. The smallest absolute Gasteiger partial charge is 0.119 e. The average molecular weight is 312 g/mol. The lowest BCUT2D eigenvalue weighted by Crippen LogP contribution is -2.58. The van der Waals surface area contributed by atoms with Crippen LogP contribution in [0.4, 0.5) is 0 Å². The van der Waals surface area contributed by atoms with E-state index in [4.69, 9.17) is 14.6 Å². The van der Waals surface area contributed by atoms with Crippen molar-refractivity contribution in [3.63, 3.8) is 0 Å². The van der Waals surface area contributed by atoms with Crippen LogP contribution >= 0.6 is 0 Å². The Morgan fingerprint density at radius 3 is 2.50 bits per heavy atom. The highest BCUT2D eigenvalue weighted by molar-refractivity contribution is 5.28. The molecule has 0 spiro atoms. The molecular weight excluding hydrogens is 288 g/mol. The summed E-state index contributed by atoms with van der Waals surface area (Å²) in [4.78, 5) is 0. The fraction of sp³-hybridized carbons (Fsp3) is 0.625. The first-order valence-corrected chi connectivity index (χ1v) is 7.50. The van der Waals surface area contributed by atoms with E-state index in [0.717, 1.165) is 24.2 Å². The highest BCUT2D eigenvalue weighted by atomic mass is 16.5. The molecule has 0 aliphatic carbocycles. The van der Waals surface area contributed by atoms with E-state index in [1.165, 1.54) is 0 Å². The van der Waals surface area contributed by atoms with Crippen molar-refractivity contribution in [1.82, 2.24) is 0 Å². The van der Waals surface area contributed by atoms with Gasteiger partial charge in [0.25, 0.3) is 0 Å². The molecule has 5 atom stereocenters. The number of rotatable bonds is 6. The number of aryl methyl sites for hydroxylation is 1. The predicted octanol–water partition coefficient (Wildman–Crippen LogP) is -0.140. The summed E-state index contributed by atoms with van der Waals surface area (Å²) < 4.78 is 10.6. The minimum absolute atomic E-state index is 0.392. The maximum Gasteiger partial charge on any atom is 0.119 e. The molecular formula is C16H24O6. The monoisotopic (exact) mass is 312 g/mol. The van der Waals surface area contributed by atoms with Crippen LogP contribution in [0, 0.1) is 0 Å². The predicted molar refractivity (Wildman–Crippen MR) is 79.7 cm³/mol. The molecule has 0 amide bonds. The Kier molecular flexibility index (Phi) is 6.16. The largest absolute Gasteiger partial charge is 0.497 e. The number of benzene rings is 1. The number of ether oxygens (including phenoxy) is 2. The highest BCUT2D eigenvalue weighted by Crippen LogP contribution is 2.25. The zero-order valence-corrected chi connectivity index (χ0v) is 12.6. The summed E-state index contributed by atoms with van der Waals surface area (Å²) >= 11 is 0. The van der Waals surface area contributed by atoms with Crippen molar-refractivity contribution >= 4 is 0 Å². The van der Waals surface area contributed by atoms with Gasteiger partial charge in [0.05, 0.1) is 19.8 Å². The molecule has 22 heavy (non-hydrogen) atoms. The van der Waals surface area contributed by atoms with Crippen molar-refractivity contribution in [3.8, 4) is 5.75 Å². The van der Waals surface area contributed by atoms with E-state index in [-0.39, 0.29) is 0 Å². The van der Waals surface area contributed by atoms with Gasteiger partial charge >= 0.3 is 0 Å². The van der Waals surface area contributed by atoms with Crippen LogP contribution in [0.1, 0.15) is 18.4 Å². The molecule has 1 fully saturated rings. The standard InChI is InChI=1S/C16H24O6/c1-21-11-6-2-4-10(8-11)5-3-7-12-14(18)16(20)15(19)13(9-17)22-12/h2,4,6,8,12-20H,3,5,7,9H2,1H3/t12-,13+,14-,15+,16+/m0/s1.